The normalized spacial score (nSPS) is 13.1. The monoisotopic (exact) mass is 296 g/mol. The van der Waals surface area contributed by atoms with Gasteiger partial charge < -0.3 is 15.4 Å². The number of ether oxygens (including phenoxy) is 1. The van der Waals surface area contributed by atoms with Crippen LogP contribution in [0.25, 0.3) is 0 Å². The zero-order chi connectivity index (χ0) is 15.8. The molecule has 0 radical (unpaired) electrons. The molecule has 2 atom stereocenters. The Morgan fingerprint density at radius 2 is 2.00 bits per heavy atom. The third kappa shape index (κ3) is 5.06. The van der Waals surface area contributed by atoms with E-state index in [0.717, 1.165) is 0 Å². The van der Waals surface area contributed by atoms with Gasteiger partial charge in [0.25, 0.3) is 0 Å². The van der Waals surface area contributed by atoms with Crippen molar-refractivity contribution in [3.05, 3.63) is 35.6 Å². The molecule has 0 saturated carbocycles. The van der Waals surface area contributed by atoms with Crippen LogP contribution in [0, 0.1) is 11.7 Å². The summed E-state index contributed by atoms with van der Waals surface area (Å²) in [6.07, 6.45) is 0.716. The lowest BCUT2D eigenvalue weighted by Crippen LogP contribution is -2.49. The highest BCUT2D eigenvalue weighted by molar-refractivity contribution is 5.83. The summed E-state index contributed by atoms with van der Waals surface area (Å²) in [6, 6.07) is 4.92. The first-order valence-electron chi connectivity index (χ1n) is 6.85. The van der Waals surface area contributed by atoms with Crippen molar-refractivity contribution in [2.75, 3.05) is 7.11 Å². The van der Waals surface area contributed by atoms with E-state index in [9.17, 15) is 14.0 Å². The Morgan fingerprint density at radius 3 is 2.57 bits per heavy atom. The van der Waals surface area contributed by atoms with Crippen LogP contribution in [0.4, 0.5) is 9.18 Å². The molecule has 0 heterocycles. The zero-order valence-electron chi connectivity index (χ0n) is 12.5. The van der Waals surface area contributed by atoms with E-state index in [2.05, 4.69) is 15.4 Å². The molecular weight excluding hydrogens is 275 g/mol. The molecule has 0 aromatic heterocycles. The van der Waals surface area contributed by atoms with Crippen LogP contribution in [0.2, 0.25) is 0 Å². The second kappa shape index (κ2) is 8.24. The minimum absolute atomic E-state index is 0.0485. The molecule has 0 saturated heterocycles. The molecule has 0 unspecified atom stereocenters. The lowest BCUT2D eigenvalue weighted by atomic mass is 9.99. The van der Waals surface area contributed by atoms with Crippen LogP contribution in [0.15, 0.2) is 24.3 Å². The number of halogens is 1. The van der Waals surface area contributed by atoms with Crippen LogP contribution in [-0.4, -0.2) is 25.2 Å². The van der Waals surface area contributed by atoms with Gasteiger partial charge in [-0.3, -0.25) is 0 Å². The van der Waals surface area contributed by atoms with Gasteiger partial charge in [-0.25, -0.2) is 14.0 Å². The molecule has 1 aromatic carbocycles. The van der Waals surface area contributed by atoms with E-state index in [-0.39, 0.29) is 18.3 Å². The predicted octanol–water partition coefficient (Wildman–Crippen LogP) is 2.21. The number of hydrogen-bond acceptors (Lipinski definition) is 3. The van der Waals surface area contributed by atoms with Gasteiger partial charge in [-0.1, -0.05) is 38.5 Å². The van der Waals surface area contributed by atoms with Crippen molar-refractivity contribution in [2.45, 2.75) is 32.9 Å². The molecule has 2 N–H and O–H groups in total. The number of hydrogen-bond donors (Lipinski definition) is 2. The number of amides is 2. The molecule has 5 nitrogen and oxygen atoms in total. The summed E-state index contributed by atoms with van der Waals surface area (Å²) in [4.78, 5) is 23.5. The Balaban J connectivity index is 2.58. The third-order valence-electron chi connectivity index (χ3n) is 3.35. The molecule has 6 heteroatoms. The predicted molar refractivity (Wildman–Crippen MR) is 77.0 cm³/mol. The van der Waals surface area contributed by atoms with Crippen LogP contribution in [-0.2, 0) is 16.1 Å². The molecule has 1 aromatic rings. The highest BCUT2D eigenvalue weighted by Gasteiger charge is 2.26. The van der Waals surface area contributed by atoms with E-state index in [1.165, 1.54) is 13.2 Å². The summed E-state index contributed by atoms with van der Waals surface area (Å²) in [6.45, 7) is 3.81. The molecule has 0 fully saturated rings. The molecular formula is C15H21FN2O3. The van der Waals surface area contributed by atoms with Crippen molar-refractivity contribution >= 4 is 12.0 Å². The smallest absolute Gasteiger partial charge is 0.328 e. The number of rotatable bonds is 6. The minimum Gasteiger partial charge on any atom is -0.467 e. The first kappa shape index (κ1) is 16.9. The molecule has 0 bridgehead atoms. The quantitative estimate of drug-likeness (QED) is 0.791. The van der Waals surface area contributed by atoms with Crippen molar-refractivity contribution in [3.63, 3.8) is 0 Å². The topological polar surface area (TPSA) is 67.4 Å². The van der Waals surface area contributed by atoms with Crippen molar-refractivity contribution in [1.29, 1.82) is 0 Å². The molecule has 21 heavy (non-hydrogen) atoms. The van der Waals surface area contributed by atoms with Crippen molar-refractivity contribution in [1.82, 2.24) is 10.6 Å². The van der Waals surface area contributed by atoms with Gasteiger partial charge in [0.05, 0.1) is 7.11 Å². The van der Waals surface area contributed by atoms with Crippen LogP contribution in [0.1, 0.15) is 25.8 Å². The molecule has 2 amide bonds. The highest BCUT2D eigenvalue weighted by atomic mass is 19.1. The fourth-order valence-electron chi connectivity index (χ4n) is 1.81. The maximum Gasteiger partial charge on any atom is 0.328 e. The number of urea groups is 1. The van der Waals surface area contributed by atoms with Gasteiger partial charge in [0.15, 0.2) is 0 Å². The van der Waals surface area contributed by atoms with Crippen LogP contribution >= 0.6 is 0 Å². The Bertz CT molecular complexity index is 494. The van der Waals surface area contributed by atoms with E-state index in [4.69, 9.17) is 0 Å². The highest BCUT2D eigenvalue weighted by Crippen LogP contribution is 2.09. The van der Waals surface area contributed by atoms with E-state index < -0.39 is 18.0 Å². The van der Waals surface area contributed by atoms with Crippen molar-refractivity contribution < 1.29 is 18.7 Å². The summed E-state index contributed by atoms with van der Waals surface area (Å²) in [5.41, 5.74) is 0.380. The number of esters is 1. The fraction of sp³-hybridized carbons (Fsp3) is 0.467. The number of nitrogens with one attached hydrogen (secondary N) is 2. The Kier molecular flexibility index (Phi) is 6.65. The van der Waals surface area contributed by atoms with Gasteiger partial charge >= 0.3 is 12.0 Å². The van der Waals surface area contributed by atoms with Crippen LogP contribution in [0.3, 0.4) is 0 Å². The van der Waals surface area contributed by atoms with Gasteiger partial charge in [0.2, 0.25) is 0 Å². The molecule has 0 aliphatic rings. The maximum atomic E-state index is 13.4. The van der Waals surface area contributed by atoms with Gasteiger partial charge in [-0.2, -0.15) is 0 Å². The van der Waals surface area contributed by atoms with Gasteiger partial charge in [-0.05, 0) is 12.0 Å². The fourth-order valence-corrected chi connectivity index (χ4v) is 1.81. The lowest BCUT2D eigenvalue weighted by molar-refractivity contribution is -0.144. The summed E-state index contributed by atoms with van der Waals surface area (Å²) in [7, 11) is 1.27. The second-order valence-electron chi connectivity index (χ2n) is 4.80. The maximum absolute atomic E-state index is 13.4. The summed E-state index contributed by atoms with van der Waals surface area (Å²) >= 11 is 0. The summed E-state index contributed by atoms with van der Waals surface area (Å²) in [5.74, 6) is -0.939. The largest absolute Gasteiger partial charge is 0.467 e. The van der Waals surface area contributed by atoms with Gasteiger partial charge in [-0.15, -0.1) is 0 Å². The standard InChI is InChI=1S/C15H21FN2O3/c1-4-10(2)13(14(19)21-3)18-15(20)17-9-11-7-5-6-8-12(11)16/h5-8,10,13H,4,9H2,1-3H3,(H2,17,18,20)/t10-,13-/m1/s1. The van der Waals surface area contributed by atoms with Crippen molar-refractivity contribution in [3.8, 4) is 0 Å². The first-order chi connectivity index (χ1) is 9.99. The molecule has 0 aliphatic carbocycles. The molecule has 116 valence electrons. The van der Waals surface area contributed by atoms with Crippen molar-refractivity contribution in [2.24, 2.45) is 5.92 Å². The van der Waals surface area contributed by atoms with E-state index in [1.54, 1.807) is 18.2 Å². The Hall–Kier alpha value is -2.11. The number of carbonyl (C=O) groups is 2. The molecule has 0 aliphatic heterocycles. The number of methoxy groups -OCH3 is 1. The van der Waals surface area contributed by atoms with Gasteiger partial charge in [0, 0.05) is 12.1 Å². The SMILES string of the molecule is CC[C@@H](C)[C@@H](NC(=O)NCc1ccccc1F)C(=O)OC. The second-order valence-corrected chi connectivity index (χ2v) is 4.80. The Labute approximate surface area is 123 Å². The molecule has 0 spiro atoms. The molecule has 1 rings (SSSR count). The number of benzene rings is 1. The average molecular weight is 296 g/mol. The first-order valence-corrected chi connectivity index (χ1v) is 6.85. The van der Waals surface area contributed by atoms with E-state index in [0.29, 0.717) is 12.0 Å². The lowest BCUT2D eigenvalue weighted by Gasteiger charge is -2.22. The third-order valence-corrected chi connectivity index (χ3v) is 3.35. The van der Waals surface area contributed by atoms with Gasteiger partial charge in [0.1, 0.15) is 11.9 Å². The van der Waals surface area contributed by atoms with Crippen LogP contribution < -0.4 is 10.6 Å². The van der Waals surface area contributed by atoms with Crippen LogP contribution in [0.5, 0.6) is 0 Å². The summed E-state index contributed by atoms with van der Waals surface area (Å²) in [5, 5.41) is 5.09. The summed E-state index contributed by atoms with van der Waals surface area (Å²) < 4.78 is 18.1. The number of carbonyl (C=O) groups excluding carboxylic acids is 2. The average Bonchev–Trinajstić information content (AvgIpc) is 2.50. The van der Waals surface area contributed by atoms with E-state index >= 15 is 0 Å². The minimum atomic E-state index is -0.722. The van der Waals surface area contributed by atoms with E-state index in [1.807, 2.05) is 13.8 Å². The zero-order valence-corrected chi connectivity index (χ0v) is 12.5. The Morgan fingerprint density at radius 1 is 1.33 bits per heavy atom.